The van der Waals surface area contributed by atoms with Gasteiger partial charge >= 0.3 is 5.97 Å². The summed E-state index contributed by atoms with van der Waals surface area (Å²) in [5.74, 6) is -0.566. The molecule has 2 aliphatic rings. The summed E-state index contributed by atoms with van der Waals surface area (Å²) < 4.78 is 27.2. The zero-order valence-corrected chi connectivity index (χ0v) is 24.4. The average molecular weight is 577 g/mol. The first-order valence-corrected chi connectivity index (χ1v) is 14.8. The van der Waals surface area contributed by atoms with Gasteiger partial charge in [-0.2, -0.15) is 0 Å². The predicted molar refractivity (Wildman–Crippen MR) is 151 cm³/mol. The number of ether oxygens (including phenoxy) is 2. The molecule has 10 heteroatoms. The summed E-state index contributed by atoms with van der Waals surface area (Å²) in [6.07, 6.45) is 0.228. The minimum Gasteiger partial charge on any atom is -0.598 e. The molecular formula is C29H37ClN2O6S. The normalized spacial score (nSPS) is 21.9. The molecule has 2 aromatic rings. The average Bonchev–Trinajstić information content (AvgIpc) is 3.37. The minimum atomic E-state index is -1.39. The van der Waals surface area contributed by atoms with Crippen molar-refractivity contribution in [3.8, 4) is 5.75 Å². The fraction of sp³-hybridized carbons (Fsp3) is 0.517. The SMILES string of the molecule is Cc1cc(O)c([C@H](N[S+]([O-])C(C)(C)C)C2CCN(C(=O)C3OCCC3OC(=O)c3ccccc3)CC2)cc1Cl. The number of phenols is 1. The fourth-order valence-electron chi connectivity index (χ4n) is 4.97. The predicted octanol–water partition coefficient (Wildman–Crippen LogP) is 4.70. The third-order valence-corrected chi connectivity index (χ3v) is 9.29. The van der Waals surface area contributed by atoms with Crippen LogP contribution in [0, 0.1) is 12.8 Å². The van der Waals surface area contributed by atoms with Crippen LogP contribution in [0.2, 0.25) is 5.02 Å². The van der Waals surface area contributed by atoms with Crippen LogP contribution >= 0.6 is 11.6 Å². The maximum Gasteiger partial charge on any atom is 0.338 e. The summed E-state index contributed by atoms with van der Waals surface area (Å²) in [4.78, 5) is 27.7. The van der Waals surface area contributed by atoms with Gasteiger partial charge in [-0.15, -0.1) is 4.72 Å². The van der Waals surface area contributed by atoms with Crippen molar-refractivity contribution in [3.05, 3.63) is 64.2 Å². The molecule has 2 heterocycles. The Labute approximate surface area is 238 Å². The van der Waals surface area contributed by atoms with Gasteiger partial charge in [0.2, 0.25) is 0 Å². The first-order chi connectivity index (χ1) is 18.5. The van der Waals surface area contributed by atoms with Gasteiger partial charge in [0.15, 0.2) is 6.10 Å². The van der Waals surface area contributed by atoms with Gasteiger partial charge in [0.05, 0.1) is 18.2 Å². The summed E-state index contributed by atoms with van der Waals surface area (Å²) in [7, 11) is 0. The lowest BCUT2D eigenvalue weighted by atomic mass is 9.85. The summed E-state index contributed by atoms with van der Waals surface area (Å²) in [6.45, 7) is 8.75. The zero-order valence-electron chi connectivity index (χ0n) is 22.8. The molecule has 0 aromatic heterocycles. The third kappa shape index (κ3) is 7.08. The Morgan fingerprint density at radius 3 is 2.49 bits per heavy atom. The molecule has 3 unspecified atom stereocenters. The van der Waals surface area contributed by atoms with E-state index in [1.807, 2.05) is 33.8 Å². The number of carbonyl (C=O) groups is 2. The number of nitrogens with one attached hydrogen (secondary N) is 1. The lowest BCUT2D eigenvalue weighted by molar-refractivity contribution is -0.146. The fourth-order valence-corrected chi connectivity index (χ4v) is 6.05. The van der Waals surface area contributed by atoms with Gasteiger partial charge in [-0.05, 0) is 76.3 Å². The molecule has 2 N–H and O–H groups in total. The number of benzene rings is 2. The van der Waals surface area contributed by atoms with Gasteiger partial charge in [-0.1, -0.05) is 29.8 Å². The van der Waals surface area contributed by atoms with Crippen molar-refractivity contribution >= 4 is 34.8 Å². The maximum absolute atomic E-state index is 13.4. The highest BCUT2D eigenvalue weighted by atomic mass is 35.5. The highest BCUT2D eigenvalue weighted by molar-refractivity contribution is 7.90. The van der Waals surface area contributed by atoms with E-state index in [9.17, 15) is 19.2 Å². The molecular weight excluding hydrogens is 540 g/mol. The van der Waals surface area contributed by atoms with Crippen LogP contribution in [-0.4, -0.2) is 63.1 Å². The Balaban J connectivity index is 1.44. The Hall–Kier alpha value is -2.30. The van der Waals surface area contributed by atoms with E-state index in [4.69, 9.17) is 21.1 Å². The van der Waals surface area contributed by atoms with Gasteiger partial charge in [0.1, 0.15) is 16.6 Å². The standard InChI is InChI=1S/C29H37ClN2O6S/c1-18-16-23(33)21(17-22(18)30)25(31-39(36)29(2,3)4)19-10-13-32(14-11-19)27(34)26-24(12-15-37-26)38-28(35)20-8-6-5-7-9-20/h5-9,16-17,19,24-26,31,33H,10-15H2,1-4H3/t24?,25-,26?,39?/m1/s1. The monoisotopic (exact) mass is 576 g/mol. The van der Waals surface area contributed by atoms with Crippen LogP contribution < -0.4 is 4.72 Å². The number of rotatable bonds is 7. The van der Waals surface area contributed by atoms with E-state index in [0.29, 0.717) is 55.1 Å². The van der Waals surface area contributed by atoms with Crippen LogP contribution in [0.25, 0.3) is 0 Å². The van der Waals surface area contributed by atoms with Gasteiger partial charge in [-0.25, -0.2) is 4.79 Å². The van der Waals surface area contributed by atoms with Crippen molar-refractivity contribution in [2.45, 2.75) is 70.0 Å². The molecule has 8 nitrogen and oxygen atoms in total. The van der Waals surface area contributed by atoms with Gasteiger partial charge in [0.25, 0.3) is 5.91 Å². The summed E-state index contributed by atoms with van der Waals surface area (Å²) in [5, 5.41) is 11.3. The number of amides is 1. The van der Waals surface area contributed by atoms with Crippen molar-refractivity contribution in [2.75, 3.05) is 19.7 Å². The number of esters is 1. The van der Waals surface area contributed by atoms with Crippen LogP contribution in [0.1, 0.15) is 67.6 Å². The van der Waals surface area contributed by atoms with E-state index in [1.165, 1.54) is 0 Å². The molecule has 212 valence electrons. The lowest BCUT2D eigenvalue weighted by Gasteiger charge is -2.38. The van der Waals surface area contributed by atoms with Crippen molar-refractivity contribution < 1.29 is 28.7 Å². The number of carbonyl (C=O) groups excluding carboxylic acids is 2. The third-order valence-electron chi connectivity index (χ3n) is 7.30. The van der Waals surface area contributed by atoms with Crippen LogP contribution in [0.15, 0.2) is 42.5 Å². The van der Waals surface area contributed by atoms with Crippen LogP contribution in [-0.2, 0) is 25.6 Å². The minimum absolute atomic E-state index is 0.00113. The molecule has 0 aliphatic carbocycles. The maximum atomic E-state index is 13.4. The van der Waals surface area contributed by atoms with Crippen molar-refractivity contribution in [1.82, 2.24) is 9.62 Å². The summed E-state index contributed by atoms with van der Waals surface area (Å²) >= 11 is 5.02. The molecule has 39 heavy (non-hydrogen) atoms. The molecule has 2 saturated heterocycles. The van der Waals surface area contributed by atoms with Crippen molar-refractivity contribution in [3.63, 3.8) is 0 Å². The Morgan fingerprint density at radius 1 is 1.18 bits per heavy atom. The first kappa shape index (κ1) is 29.7. The van der Waals surface area contributed by atoms with E-state index in [0.717, 1.165) is 5.56 Å². The smallest absolute Gasteiger partial charge is 0.338 e. The first-order valence-electron chi connectivity index (χ1n) is 13.3. The Kier molecular flexibility index (Phi) is 9.49. The summed E-state index contributed by atoms with van der Waals surface area (Å²) in [6, 6.07) is 11.6. The molecule has 0 radical (unpaired) electrons. The summed E-state index contributed by atoms with van der Waals surface area (Å²) in [5.41, 5.74) is 1.79. The molecule has 0 spiro atoms. The molecule has 2 aliphatic heterocycles. The van der Waals surface area contributed by atoms with E-state index in [-0.39, 0.29) is 17.6 Å². The van der Waals surface area contributed by atoms with Crippen molar-refractivity contribution in [1.29, 1.82) is 0 Å². The number of phenolic OH excluding ortho intramolecular Hbond substituents is 1. The number of hydrogen-bond acceptors (Lipinski definition) is 7. The largest absolute Gasteiger partial charge is 0.598 e. The topological polar surface area (TPSA) is 111 Å². The molecule has 4 atom stereocenters. The second kappa shape index (κ2) is 12.5. The molecule has 2 fully saturated rings. The van der Waals surface area contributed by atoms with Gasteiger partial charge in [0, 0.05) is 41.5 Å². The van der Waals surface area contributed by atoms with E-state index in [2.05, 4.69) is 4.72 Å². The van der Waals surface area contributed by atoms with E-state index >= 15 is 0 Å². The number of likely N-dealkylation sites (tertiary alicyclic amines) is 1. The Morgan fingerprint density at radius 2 is 1.85 bits per heavy atom. The number of aromatic hydroxyl groups is 1. The number of piperidine rings is 1. The number of hydrogen-bond donors (Lipinski definition) is 2. The second-order valence-corrected chi connectivity index (χ2v) is 13.6. The highest BCUT2D eigenvalue weighted by Gasteiger charge is 2.42. The molecule has 0 bridgehead atoms. The number of aryl methyl sites for hydroxylation is 1. The molecule has 4 rings (SSSR count). The Bertz CT molecular complexity index is 1170. The molecule has 2 aromatic carbocycles. The van der Waals surface area contributed by atoms with Gasteiger partial charge < -0.3 is 24.0 Å². The van der Waals surface area contributed by atoms with Crippen molar-refractivity contribution in [2.24, 2.45) is 5.92 Å². The molecule has 1 amide bonds. The number of nitrogens with zero attached hydrogens (tertiary/aromatic N) is 1. The zero-order chi connectivity index (χ0) is 28.3. The van der Waals surface area contributed by atoms with Crippen LogP contribution in [0.3, 0.4) is 0 Å². The highest BCUT2D eigenvalue weighted by Crippen LogP contribution is 2.39. The van der Waals surface area contributed by atoms with Crippen LogP contribution in [0.4, 0.5) is 0 Å². The van der Waals surface area contributed by atoms with Crippen LogP contribution in [0.5, 0.6) is 5.75 Å². The van der Waals surface area contributed by atoms with E-state index < -0.39 is 40.3 Å². The number of halogens is 1. The lowest BCUT2D eigenvalue weighted by Crippen LogP contribution is -2.50. The second-order valence-electron chi connectivity index (χ2n) is 11.2. The molecule has 0 saturated carbocycles. The van der Waals surface area contributed by atoms with E-state index in [1.54, 1.807) is 41.3 Å². The quantitative estimate of drug-likeness (QED) is 0.363. The van der Waals surface area contributed by atoms with Gasteiger partial charge in [-0.3, -0.25) is 4.79 Å².